The van der Waals surface area contributed by atoms with Crippen LogP contribution in [-0.4, -0.2) is 42.4 Å². The first-order chi connectivity index (χ1) is 11.5. The van der Waals surface area contributed by atoms with Crippen LogP contribution >= 0.6 is 0 Å². The minimum Gasteiger partial charge on any atom is -0.466 e. The minimum atomic E-state index is -0.677. The van der Waals surface area contributed by atoms with E-state index in [4.69, 9.17) is 4.74 Å². The van der Waals surface area contributed by atoms with Gasteiger partial charge >= 0.3 is 17.8 Å². The predicted octanol–water partition coefficient (Wildman–Crippen LogP) is 1.99. The van der Waals surface area contributed by atoms with Gasteiger partial charge in [-0.1, -0.05) is 19.1 Å². The van der Waals surface area contributed by atoms with Crippen LogP contribution in [0.25, 0.3) is 0 Å². The van der Waals surface area contributed by atoms with Gasteiger partial charge < -0.3 is 15.0 Å². The molecule has 0 bridgehead atoms. The number of carbonyl (C=O) groups excluding carboxylic acids is 3. The lowest BCUT2D eigenvalue weighted by molar-refractivity contribution is -0.153. The number of anilines is 1. The molecule has 1 heterocycles. The van der Waals surface area contributed by atoms with Crippen LogP contribution in [0.1, 0.15) is 32.3 Å². The zero-order valence-electron chi connectivity index (χ0n) is 14.2. The van der Waals surface area contributed by atoms with Crippen LogP contribution in [0.2, 0.25) is 0 Å². The molecule has 1 fully saturated rings. The molecule has 130 valence electrons. The molecule has 0 aliphatic carbocycles. The van der Waals surface area contributed by atoms with E-state index < -0.39 is 11.8 Å². The van der Waals surface area contributed by atoms with Gasteiger partial charge in [0.25, 0.3) is 0 Å². The summed E-state index contributed by atoms with van der Waals surface area (Å²) < 4.78 is 5.01. The first-order valence-corrected chi connectivity index (χ1v) is 8.41. The summed E-state index contributed by atoms with van der Waals surface area (Å²) in [4.78, 5) is 37.7. The Hall–Kier alpha value is -2.37. The van der Waals surface area contributed by atoms with E-state index in [1.54, 1.807) is 19.1 Å². The molecule has 0 radical (unpaired) electrons. The topological polar surface area (TPSA) is 75.7 Å². The standard InChI is InChI=1S/C18H24N2O4/c1-3-13-7-9-15(10-8-13)19-16(21)17(22)20-11-5-6-14(12-20)18(23)24-4-2/h7-10,14H,3-6,11-12H2,1-2H3,(H,19,21). The fourth-order valence-electron chi connectivity index (χ4n) is 2.77. The van der Waals surface area contributed by atoms with Gasteiger partial charge in [0.15, 0.2) is 0 Å². The lowest BCUT2D eigenvalue weighted by Gasteiger charge is -2.30. The highest BCUT2D eigenvalue weighted by Gasteiger charge is 2.31. The highest BCUT2D eigenvalue weighted by Crippen LogP contribution is 2.18. The number of hydrogen-bond donors (Lipinski definition) is 1. The molecule has 1 aromatic carbocycles. The van der Waals surface area contributed by atoms with Crippen LogP contribution in [0, 0.1) is 5.92 Å². The fraction of sp³-hybridized carbons (Fsp3) is 0.500. The van der Waals surface area contributed by atoms with Crippen molar-refractivity contribution in [1.29, 1.82) is 0 Å². The Morgan fingerprint density at radius 3 is 2.54 bits per heavy atom. The molecule has 0 aromatic heterocycles. The van der Waals surface area contributed by atoms with Crippen molar-refractivity contribution in [2.24, 2.45) is 5.92 Å². The number of ether oxygens (including phenoxy) is 1. The van der Waals surface area contributed by atoms with Gasteiger partial charge in [0, 0.05) is 18.8 Å². The maximum atomic E-state index is 12.3. The number of benzene rings is 1. The number of amides is 2. The second kappa shape index (κ2) is 8.47. The van der Waals surface area contributed by atoms with Gasteiger partial charge in [-0.05, 0) is 43.9 Å². The smallest absolute Gasteiger partial charge is 0.313 e. The van der Waals surface area contributed by atoms with Crippen molar-refractivity contribution in [3.63, 3.8) is 0 Å². The van der Waals surface area contributed by atoms with Crippen LogP contribution < -0.4 is 5.32 Å². The van der Waals surface area contributed by atoms with Gasteiger partial charge in [-0.25, -0.2) is 0 Å². The molecule has 1 aromatic rings. The summed E-state index contributed by atoms with van der Waals surface area (Å²) in [5.74, 6) is -1.93. The average molecular weight is 332 g/mol. The summed E-state index contributed by atoms with van der Waals surface area (Å²) in [5, 5.41) is 2.61. The Bertz CT molecular complexity index is 598. The van der Waals surface area contributed by atoms with E-state index in [9.17, 15) is 14.4 Å². The quantitative estimate of drug-likeness (QED) is 0.676. The van der Waals surface area contributed by atoms with Crippen molar-refractivity contribution >= 4 is 23.5 Å². The van der Waals surface area contributed by atoms with E-state index in [0.29, 0.717) is 31.7 Å². The number of aryl methyl sites for hydroxylation is 1. The molecule has 6 heteroatoms. The Morgan fingerprint density at radius 1 is 1.21 bits per heavy atom. The second-order valence-electron chi connectivity index (χ2n) is 5.85. The summed E-state index contributed by atoms with van der Waals surface area (Å²) in [7, 11) is 0. The first-order valence-electron chi connectivity index (χ1n) is 8.41. The summed E-state index contributed by atoms with van der Waals surface area (Å²) in [5.41, 5.74) is 1.75. The predicted molar refractivity (Wildman–Crippen MR) is 90.4 cm³/mol. The second-order valence-corrected chi connectivity index (χ2v) is 5.85. The van der Waals surface area contributed by atoms with Crippen molar-refractivity contribution in [2.75, 3.05) is 25.0 Å². The molecule has 1 unspecified atom stereocenters. The molecule has 0 saturated carbocycles. The molecule has 24 heavy (non-hydrogen) atoms. The SMILES string of the molecule is CCOC(=O)C1CCCN(C(=O)C(=O)Nc2ccc(CC)cc2)C1. The van der Waals surface area contributed by atoms with Gasteiger partial charge in [0.05, 0.1) is 12.5 Å². The molecule has 2 amide bonds. The first kappa shape index (κ1) is 18.0. The van der Waals surface area contributed by atoms with Crippen molar-refractivity contribution in [2.45, 2.75) is 33.1 Å². The average Bonchev–Trinajstić information content (AvgIpc) is 2.62. The van der Waals surface area contributed by atoms with Crippen LogP contribution in [0.5, 0.6) is 0 Å². The van der Waals surface area contributed by atoms with Gasteiger partial charge in [-0.2, -0.15) is 0 Å². The largest absolute Gasteiger partial charge is 0.466 e. The van der Waals surface area contributed by atoms with E-state index in [-0.39, 0.29) is 18.4 Å². The Labute approximate surface area is 142 Å². The van der Waals surface area contributed by atoms with Crippen molar-refractivity contribution in [3.05, 3.63) is 29.8 Å². The van der Waals surface area contributed by atoms with Crippen molar-refractivity contribution in [1.82, 2.24) is 4.90 Å². The molecule has 1 N–H and O–H groups in total. The van der Waals surface area contributed by atoms with Crippen molar-refractivity contribution < 1.29 is 19.1 Å². The van der Waals surface area contributed by atoms with Crippen LogP contribution in [0.4, 0.5) is 5.69 Å². The Morgan fingerprint density at radius 2 is 1.92 bits per heavy atom. The summed E-state index contributed by atoms with van der Waals surface area (Å²) in [6, 6.07) is 7.39. The number of hydrogen-bond acceptors (Lipinski definition) is 4. The Balaban J connectivity index is 1.94. The van der Waals surface area contributed by atoms with Crippen LogP contribution in [-0.2, 0) is 25.5 Å². The zero-order valence-corrected chi connectivity index (χ0v) is 14.2. The summed E-state index contributed by atoms with van der Waals surface area (Å²) >= 11 is 0. The number of nitrogens with zero attached hydrogens (tertiary/aromatic N) is 1. The monoisotopic (exact) mass is 332 g/mol. The van der Waals surface area contributed by atoms with E-state index in [0.717, 1.165) is 12.0 Å². The normalized spacial score (nSPS) is 17.2. The van der Waals surface area contributed by atoms with E-state index in [2.05, 4.69) is 5.32 Å². The molecular weight excluding hydrogens is 308 g/mol. The Kier molecular flexibility index (Phi) is 6.35. The number of piperidine rings is 1. The van der Waals surface area contributed by atoms with Gasteiger partial charge in [0.1, 0.15) is 0 Å². The third-order valence-electron chi connectivity index (χ3n) is 4.14. The maximum absolute atomic E-state index is 12.3. The molecule has 1 saturated heterocycles. The number of nitrogens with one attached hydrogen (secondary N) is 1. The number of esters is 1. The third-order valence-corrected chi connectivity index (χ3v) is 4.14. The molecule has 6 nitrogen and oxygen atoms in total. The highest BCUT2D eigenvalue weighted by molar-refractivity contribution is 6.39. The van der Waals surface area contributed by atoms with Gasteiger partial charge in [0.2, 0.25) is 0 Å². The van der Waals surface area contributed by atoms with E-state index >= 15 is 0 Å². The molecule has 1 aliphatic heterocycles. The molecule has 1 atom stereocenters. The van der Waals surface area contributed by atoms with Crippen molar-refractivity contribution in [3.8, 4) is 0 Å². The maximum Gasteiger partial charge on any atom is 0.313 e. The highest BCUT2D eigenvalue weighted by atomic mass is 16.5. The zero-order chi connectivity index (χ0) is 17.5. The van der Waals surface area contributed by atoms with Crippen LogP contribution in [0.15, 0.2) is 24.3 Å². The minimum absolute atomic E-state index is 0.236. The third kappa shape index (κ3) is 4.57. The number of carbonyl (C=O) groups is 3. The molecule has 2 rings (SSSR count). The van der Waals surface area contributed by atoms with Crippen LogP contribution in [0.3, 0.4) is 0 Å². The number of rotatable bonds is 4. The van der Waals surface area contributed by atoms with Gasteiger partial charge in [-0.15, -0.1) is 0 Å². The molecular formula is C18H24N2O4. The summed E-state index contributed by atoms with van der Waals surface area (Å²) in [6.07, 6.45) is 2.28. The lowest BCUT2D eigenvalue weighted by Crippen LogP contribution is -2.47. The fourth-order valence-corrected chi connectivity index (χ4v) is 2.77. The molecule has 1 aliphatic rings. The summed E-state index contributed by atoms with van der Waals surface area (Å²) in [6.45, 7) is 4.84. The van der Waals surface area contributed by atoms with E-state index in [1.165, 1.54) is 4.90 Å². The van der Waals surface area contributed by atoms with Gasteiger partial charge in [-0.3, -0.25) is 14.4 Å². The molecule has 0 spiro atoms. The lowest BCUT2D eigenvalue weighted by atomic mass is 9.98. The number of likely N-dealkylation sites (tertiary alicyclic amines) is 1. The van der Waals surface area contributed by atoms with E-state index in [1.807, 2.05) is 19.1 Å².